The van der Waals surface area contributed by atoms with Gasteiger partial charge >= 0.3 is 0 Å². The predicted molar refractivity (Wildman–Crippen MR) is 72.3 cm³/mol. The van der Waals surface area contributed by atoms with E-state index in [1.165, 1.54) is 24.1 Å². The molecule has 0 radical (unpaired) electrons. The second-order valence-corrected chi connectivity index (χ2v) is 4.52. The van der Waals surface area contributed by atoms with Crippen LogP contribution in [0.3, 0.4) is 0 Å². The van der Waals surface area contributed by atoms with Crippen molar-refractivity contribution in [3.8, 4) is 0 Å². The fraction of sp³-hybridized carbons (Fsp3) is 0.467. The Morgan fingerprint density at radius 1 is 1.18 bits per heavy atom. The van der Waals surface area contributed by atoms with Crippen LogP contribution in [0.5, 0.6) is 0 Å². The maximum Gasteiger partial charge on any atom is 0.125 e. The zero-order valence-electron chi connectivity index (χ0n) is 10.8. The van der Waals surface area contributed by atoms with Crippen LogP contribution in [0.15, 0.2) is 42.2 Å². The summed E-state index contributed by atoms with van der Waals surface area (Å²) in [4.78, 5) is 2.50. The first kappa shape index (κ1) is 12.0. The van der Waals surface area contributed by atoms with Crippen LogP contribution >= 0.6 is 0 Å². The second-order valence-electron chi connectivity index (χ2n) is 4.52. The van der Waals surface area contributed by atoms with Crippen LogP contribution < -0.4 is 5.32 Å². The van der Waals surface area contributed by atoms with E-state index in [0.29, 0.717) is 6.17 Å². The molecule has 1 aromatic rings. The number of allylic oxidation sites excluding steroid dienone is 1. The lowest BCUT2D eigenvalue weighted by atomic mass is 10.1. The van der Waals surface area contributed by atoms with E-state index in [-0.39, 0.29) is 0 Å². The van der Waals surface area contributed by atoms with E-state index in [2.05, 4.69) is 60.6 Å². The van der Waals surface area contributed by atoms with Crippen molar-refractivity contribution in [1.82, 2.24) is 10.2 Å². The zero-order valence-corrected chi connectivity index (χ0v) is 10.8. The zero-order chi connectivity index (χ0) is 12.1. The highest BCUT2D eigenvalue weighted by molar-refractivity contribution is 5.23. The van der Waals surface area contributed by atoms with Gasteiger partial charge in [0.2, 0.25) is 0 Å². The van der Waals surface area contributed by atoms with Gasteiger partial charge in [-0.3, -0.25) is 0 Å². The van der Waals surface area contributed by atoms with Gasteiger partial charge in [0.25, 0.3) is 0 Å². The molecular formula is C15H22N2. The van der Waals surface area contributed by atoms with Crippen molar-refractivity contribution in [2.24, 2.45) is 0 Å². The van der Waals surface area contributed by atoms with Crippen LogP contribution in [-0.4, -0.2) is 11.4 Å². The molecule has 0 saturated heterocycles. The Balaban J connectivity index is 2.13. The van der Waals surface area contributed by atoms with E-state index in [1.54, 1.807) is 0 Å². The highest BCUT2D eigenvalue weighted by atomic mass is 15.3. The van der Waals surface area contributed by atoms with Crippen molar-refractivity contribution < 1.29 is 0 Å². The lowest BCUT2D eigenvalue weighted by molar-refractivity contribution is 0.254. The summed E-state index contributed by atoms with van der Waals surface area (Å²) in [6.07, 6.45) is 6.10. The molecule has 0 amide bonds. The Kier molecular flexibility index (Phi) is 4.08. The SMILES string of the molecule is CCCCN1C(CC)=CNC1c1ccccc1. The minimum absolute atomic E-state index is 0.331. The van der Waals surface area contributed by atoms with Gasteiger partial charge in [0.15, 0.2) is 0 Å². The molecule has 17 heavy (non-hydrogen) atoms. The van der Waals surface area contributed by atoms with Gasteiger partial charge in [0, 0.05) is 18.4 Å². The Labute approximate surface area is 104 Å². The summed E-state index contributed by atoms with van der Waals surface area (Å²) < 4.78 is 0. The first-order valence-electron chi connectivity index (χ1n) is 6.63. The van der Waals surface area contributed by atoms with Crippen LogP contribution in [0.1, 0.15) is 44.8 Å². The molecule has 0 aliphatic carbocycles. The largest absolute Gasteiger partial charge is 0.366 e. The number of nitrogens with zero attached hydrogens (tertiary/aromatic N) is 1. The first-order valence-corrected chi connectivity index (χ1v) is 6.63. The smallest absolute Gasteiger partial charge is 0.125 e. The number of benzene rings is 1. The van der Waals surface area contributed by atoms with E-state index in [0.717, 1.165) is 13.0 Å². The van der Waals surface area contributed by atoms with Crippen molar-refractivity contribution >= 4 is 0 Å². The molecule has 0 bridgehead atoms. The van der Waals surface area contributed by atoms with Crippen LogP contribution in [-0.2, 0) is 0 Å². The van der Waals surface area contributed by atoms with Gasteiger partial charge in [-0.05, 0) is 18.4 Å². The quantitative estimate of drug-likeness (QED) is 0.830. The lowest BCUT2D eigenvalue weighted by Gasteiger charge is -2.29. The molecule has 1 atom stereocenters. The molecule has 0 saturated carbocycles. The summed E-state index contributed by atoms with van der Waals surface area (Å²) in [5, 5.41) is 3.50. The fourth-order valence-electron chi connectivity index (χ4n) is 2.33. The number of hydrogen-bond acceptors (Lipinski definition) is 2. The summed E-state index contributed by atoms with van der Waals surface area (Å²) >= 11 is 0. The molecule has 2 rings (SSSR count). The predicted octanol–water partition coefficient (Wildman–Crippen LogP) is 3.64. The van der Waals surface area contributed by atoms with Crippen molar-refractivity contribution in [3.05, 3.63) is 47.8 Å². The van der Waals surface area contributed by atoms with E-state index in [9.17, 15) is 0 Å². The van der Waals surface area contributed by atoms with Gasteiger partial charge in [0.1, 0.15) is 6.17 Å². The molecule has 1 unspecified atom stereocenters. The molecule has 1 aliphatic heterocycles. The minimum atomic E-state index is 0.331. The summed E-state index contributed by atoms with van der Waals surface area (Å²) in [6, 6.07) is 10.7. The summed E-state index contributed by atoms with van der Waals surface area (Å²) in [6.45, 7) is 5.61. The van der Waals surface area contributed by atoms with E-state index in [1.807, 2.05) is 0 Å². The molecule has 0 fully saturated rings. The lowest BCUT2D eigenvalue weighted by Crippen LogP contribution is -2.29. The van der Waals surface area contributed by atoms with Crippen molar-refractivity contribution in [2.45, 2.75) is 39.3 Å². The Bertz CT molecular complexity index is 370. The maximum absolute atomic E-state index is 3.50. The van der Waals surface area contributed by atoms with Crippen molar-refractivity contribution in [1.29, 1.82) is 0 Å². The molecule has 2 nitrogen and oxygen atoms in total. The van der Waals surface area contributed by atoms with E-state index >= 15 is 0 Å². The molecule has 1 aromatic carbocycles. The number of hydrogen-bond donors (Lipinski definition) is 1. The highest BCUT2D eigenvalue weighted by Gasteiger charge is 2.24. The molecule has 2 heteroatoms. The molecular weight excluding hydrogens is 208 g/mol. The van der Waals surface area contributed by atoms with Gasteiger partial charge in [-0.25, -0.2) is 0 Å². The molecule has 1 N–H and O–H groups in total. The number of unbranched alkanes of at least 4 members (excludes halogenated alkanes) is 1. The third kappa shape index (κ3) is 2.63. The monoisotopic (exact) mass is 230 g/mol. The number of rotatable bonds is 5. The topological polar surface area (TPSA) is 15.3 Å². The Morgan fingerprint density at radius 3 is 2.59 bits per heavy atom. The van der Waals surface area contributed by atoms with Crippen LogP contribution in [0, 0.1) is 0 Å². The summed E-state index contributed by atoms with van der Waals surface area (Å²) in [5.41, 5.74) is 2.77. The Morgan fingerprint density at radius 2 is 1.94 bits per heavy atom. The standard InChI is InChI=1S/C15H22N2/c1-3-5-11-17-14(4-2)12-16-15(17)13-9-7-6-8-10-13/h6-10,12,15-16H,3-5,11H2,1-2H3. The molecule has 0 aromatic heterocycles. The van der Waals surface area contributed by atoms with Gasteiger partial charge in [-0.1, -0.05) is 50.6 Å². The molecule has 1 aliphatic rings. The third-order valence-corrected chi connectivity index (χ3v) is 3.32. The Hall–Kier alpha value is -1.44. The van der Waals surface area contributed by atoms with Crippen LogP contribution in [0.4, 0.5) is 0 Å². The molecule has 1 heterocycles. The first-order chi connectivity index (χ1) is 8.36. The van der Waals surface area contributed by atoms with Crippen molar-refractivity contribution in [2.75, 3.05) is 6.54 Å². The van der Waals surface area contributed by atoms with Gasteiger partial charge in [-0.15, -0.1) is 0 Å². The molecule has 0 spiro atoms. The normalized spacial score (nSPS) is 19.1. The van der Waals surface area contributed by atoms with Gasteiger partial charge in [0.05, 0.1) is 0 Å². The van der Waals surface area contributed by atoms with E-state index in [4.69, 9.17) is 0 Å². The van der Waals surface area contributed by atoms with Crippen LogP contribution in [0.2, 0.25) is 0 Å². The van der Waals surface area contributed by atoms with Crippen LogP contribution in [0.25, 0.3) is 0 Å². The number of nitrogens with one attached hydrogen (secondary N) is 1. The fourth-order valence-corrected chi connectivity index (χ4v) is 2.33. The maximum atomic E-state index is 3.50. The van der Waals surface area contributed by atoms with Gasteiger partial charge < -0.3 is 10.2 Å². The molecule has 92 valence electrons. The minimum Gasteiger partial charge on any atom is -0.366 e. The van der Waals surface area contributed by atoms with Gasteiger partial charge in [-0.2, -0.15) is 0 Å². The second kappa shape index (κ2) is 5.76. The summed E-state index contributed by atoms with van der Waals surface area (Å²) in [7, 11) is 0. The average molecular weight is 230 g/mol. The summed E-state index contributed by atoms with van der Waals surface area (Å²) in [5.74, 6) is 0. The highest BCUT2D eigenvalue weighted by Crippen LogP contribution is 2.28. The van der Waals surface area contributed by atoms with E-state index < -0.39 is 0 Å². The van der Waals surface area contributed by atoms with Crippen molar-refractivity contribution in [3.63, 3.8) is 0 Å². The third-order valence-electron chi connectivity index (χ3n) is 3.32. The average Bonchev–Trinajstić information content (AvgIpc) is 2.80.